The van der Waals surface area contributed by atoms with Crippen molar-refractivity contribution in [2.75, 3.05) is 18.6 Å². The van der Waals surface area contributed by atoms with Crippen LogP contribution in [-0.2, 0) is 28.3 Å². The van der Waals surface area contributed by atoms with Gasteiger partial charge >= 0.3 is 6.03 Å². The van der Waals surface area contributed by atoms with Gasteiger partial charge in [-0.25, -0.2) is 17.9 Å². The molecule has 0 saturated heterocycles. The van der Waals surface area contributed by atoms with Gasteiger partial charge in [-0.2, -0.15) is 5.10 Å². The summed E-state index contributed by atoms with van der Waals surface area (Å²) >= 11 is 0. The lowest BCUT2D eigenvalue weighted by molar-refractivity contribution is -0.120. The van der Waals surface area contributed by atoms with Crippen LogP contribution >= 0.6 is 0 Å². The predicted octanol–water partition coefficient (Wildman–Crippen LogP) is 3.75. The maximum absolute atomic E-state index is 13.7. The SMILES string of the molecule is CCN(C(=O)C(Cc1ccccc1)NC(=O)NS(=O)(=O)c1cccc(-c2ccnn2C)c1)c1ccc(OC)cc1. The molecular weight excluding hydrogens is 530 g/mol. The Bertz CT molecular complexity index is 1570. The molecule has 2 N–H and O–H groups in total. The molecule has 0 saturated carbocycles. The van der Waals surface area contributed by atoms with Crippen molar-refractivity contribution >= 4 is 27.6 Å². The summed E-state index contributed by atoms with van der Waals surface area (Å²) < 4.78 is 35.1. The van der Waals surface area contributed by atoms with Gasteiger partial charge in [0.2, 0.25) is 5.91 Å². The Hall–Kier alpha value is -4.64. The number of hydrogen-bond donors (Lipinski definition) is 2. The van der Waals surface area contributed by atoms with Crippen LogP contribution in [0.4, 0.5) is 10.5 Å². The van der Waals surface area contributed by atoms with Gasteiger partial charge in [0, 0.05) is 37.5 Å². The summed E-state index contributed by atoms with van der Waals surface area (Å²) in [6, 6.07) is 22.1. The fourth-order valence-corrected chi connectivity index (χ4v) is 5.27. The van der Waals surface area contributed by atoms with Crippen molar-refractivity contribution < 1.29 is 22.7 Å². The maximum atomic E-state index is 13.7. The van der Waals surface area contributed by atoms with Crippen LogP contribution in [0.1, 0.15) is 12.5 Å². The quantitative estimate of drug-likeness (QED) is 0.304. The average Bonchev–Trinajstić information content (AvgIpc) is 3.39. The average molecular weight is 562 g/mol. The highest BCUT2D eigenvalue weighted by Gasteiger charge is 2.28. The molecule has 0 bridgehead atoms. The van der Waals surface area contributed by atoms with Gasteiger partial charge in [0.15, 0.2) is 0 Å². The number of methoxy groups -OCH3 is 1. The fourth-order valence-electron chi connectivity index (χ4n) is 4.31. The number of anilines is 1. The Kier molecular flexibility index (Phi) is 8.85. The number of urea groups is 1. The highest BCUT2D eigenvalue weighted by Crippen LogP contribution is 2.23. The molecule has 0 radical (unpaired) electrons. The van der Waals surface area contributed by atoms with E-state index in [1.807, 2.05) is 37.3 Å². The lowest BCUT2D eigenvalue weighted by atomic mass is 10.0. The number of aryl methyl sites for hydroxylation is 1. The monoisotopic (exact) mass is 561 g/mol. The van der Waals surface area contributed by atoms with Crippen LogP contribution in [0.25, 0.3) is 11.3 Å². The maximum Gasteiger partial charge on any atom is 0.329 e. The Morgan fingerprint density at radius 3 is 2.35 bits per heavy atom. The van der Waals surface area contributed by atoms with Crippen molar-refractivity contribution in [3.05, 3.63) is 96.7 Å². The van der Waals surface area contributed by atoms with Gasteiger partial charge in [0.25, 0.3) is 10.0 Å². The Balaban J connectivity index is 1.56. The molecule has 0 aliphatic rings. The summed E-state index contributed by atoms with van der Waals surface area (Å²) in [6.45, 7) is 2.15. The van der Waals surface area contributed by atoms with E-state index in [1.165, 1.54) is 17.0 Å². The van der Waals surface area contributed by atoms with Crippen LogP contribution in [0, 0.1) is 0 Å². The lowest BCUT2D eigenvalue weighted by Gasteiger charge is -2.27. The molecule has 0 spiro atoms. The first-order valence-corrected chi connectivity index (χ1v) is 14.1. The van der Waals surface area contributed by atoms with Gasteiger partial charge in [-0.15, -0.1) is 0 Å². The number of carbonyl (C=O) groups is 2. The van der Waals surface area contributed by atoms with E-state index >= 15 is 0 Å². The summed E-state index contributed by atoms with van der Waals surface area (Å²) in [5, 5.41) is 6.70. The van der Waals surface area contributed by atoms with E-state index in [-0.39, 0.29) is 17.2 Å². The molecule has 208 valence electrons. The van der Waals surface area contributed by atoms with Crippen molar-refractivity contribution in [2.45, 2.75) is 24.3 Å². The first-order chi connectivity index (χ1) is 19.2. The number of ether oxygens (including phenoxy) is 1. The van der Waals surface area contributed by atoms with Crippen molar-refractivity contribution in [1.29, 1.82) is 0 Å². The van der Waals surface area contributed by atoms with Crippen LogP contribution in [0.3, 0.4) is 0 Å². The van der Waals surface area contributed by atoms with Crippen molar-refractivity contribution in [1.82, 2.24) is 19.8 Å². The minimum atomic E-state index is -4.25. The molecule has 4 aromatic rings. The molecule has 0 aliphatic heterocycles. The zero-order valence-electron chi connectivity index (χ0n) is 22.4. The van der Waals surface area contributed by atoms with Gasteiger partial charge in [0.05, 0.1) is 17.7 Å². The standard InChI is InChI=1S/C29H31N5O5S/c1-4-34(23-13-15-24(39-3)16-14-23)28(35)26(19-21-9-6-5-7-10-21)31-29(36)32-40(37,38)25-12-8-11-22(20-25)27-17-18-30-33(27)2/h5-18,20,26H,4,19H2,1-3H3,(H2,31,32,36). The van der Waals surface area contributed by atoms with E-state index in [0.29, 0.717) is 29.2 Å². The lowest BCUT2D eigenvalue weighted by Crippen LogP contribution is -2.53. The first kappa shape index (κ1) is 28.4. The number of amides is 3. The summed E-state index contributed by atoms with van der Waals surface area (Å²) in [7, 11) is -0.944. The molecule has 0 fully saturated rings. The van der Waals surface area contributed by atoms with Gasteiger partial charge in [-0.1, -0.05) is 42.5 Å². The molecule has 11 heteroatoms. The third-order valence-electron chi connectivity index (χ3n) is 6.34. The molecule has 3 amide bonds. The molecule has 1 aromatic heterocycles. The second-order valence-corrected chi connectivity index (χ2v) is 10.7. The smallest absolute Gasteiger partial charge is 0.329 e. The number of hydrogen-bond acceptors (Lipinski definition) is 6. The highest BCUT2D eigenvalue weighted by molar-refractivity contribution is 7.90. The Labute approximate surface area is 233 Å². The molecule has 10 nitrogen and oxygen atoms in total. The Morgan fingerprint density at radius 2 is 1.73 bits per heavy atom. The van der Waals surface area contributed by atoms with E-state index in [2.05, 4.69) is 15.1 Å². The number of nitrogens with one attached hydrogen (secondary N) is 2. The molecule has 0 aliphatic carbocycles. The number of aromatic nitrogens is 2. The van der Waals surface area contributed by atoms with Gasteiger partial charge < -0.3 is 15.0 Å². The summed E-state index contributed by atoms with van der Waals surface area (Å²) in [4.78, 5) is 28.2. The molecule has 4 rings (SSSR count). The third kappa shape index (κ3) is 6.67. The summed E-state index contributed by atoms with van der Waals surface area (Å²) in [6.07, 6.45) is 1.77. The molecule has 1 unspecified atom stereocenters. The third-order valence-corrected chi connectivity index (χ3v) is 7.67. The van der Waals surface area contributed by atoms with Crippen LogP contribution in [0.2, 0.25) is 0 Å². The largest absolute Gasteiger partial charge is 0.497 e. The van der Waals surface area contributed by atoms with E-state index in [1.54, 1.807) is 67.5 Å². The number of rotatable bonds is 10. The second kappa shape index (κ2) is 12.5. The topological polar surface area (TPSA) is 123 Å². The van der Waals surface area contributed by atoms with Crippen molar-refractivity contribution in [3.8, 4) is 17.0 Å². The number of carbonyl (C=O) groups excluding carboxylic acids is 2. The van der Waals surface area contributed by atoms with Crippen LogP contribution in [0.15, 0.2) is 96.0 Å². The molecule has 1 atom stereocenters. The number of benzene rings is 3. The van der Waals surface area contributed by atoms with Crippen LogP contribution in [0.5, 0.6) is 5.75 Å². The number of likely N-dealkylation sites (N-methyl/N-ethyl adjacent to an activating group) is 1. The van der Waals surface area contributed by atoms with Gasteiger partial charge in [0.1, 0.15) is 11.8 Å². The van der Waals surface area contributed by atoms with Crippen molar-refractivity contribution in [3.63, 3.8) is 0 Å². The Morgan fingerprint density at radius 1 is 1.00 bits per heavy atom. The molecule has 40 heavy (non-hydrogen) atoms. The molecule has 3 aromatic carbocycles. The minimum absolute atomic E-state index is 0.0966. The first-order valence-electron chi connectivity index (χ1n) is 12.6. The van der Waals surface area contributed by atoms with E-state index in [4.69, 9.17) is 4.74 Å². The van der Waals surface area contributed by atoms with Gasteiger partial charge in [-0.05, 0) is 55.0 Å². The predicted molar refractivity (Wildman–Crippen MR) is 152 cm³/mol. The van der Waals surface area contributed by atoms with Crippen LogP contribution < -0.4 is 19.7 Å². The zero-order valence-corrected chi connectivity index (χ0v) is 23.3. The normalized spacial score (nSPS) is 11.9. The summed E-state index contributed by atoms with van der Waals surface area (Å²) in [5.41, 5.74) is 2.76. The van der Waals surface area contributed by atoms with Crippen LogP contribution in [-0.4, -0.2) is 49.8 Å². The minimum Gasteiger partial charge on any atom is -0.497 e. The number of sulfonamides is 1. The van der Waals surface area contributed by atoms with E-state index in [0.717, 1.165) is 5.56 Å². The fraction of sp³-hybridized carbons (Fsp3) is 0.207. The van der Waals surface area contributed by atoms with E-state index in [9.17, 15) is 18.0 Å². The summed E-state index contributed by atoms with van der Waals surface area (Å²) in [5.74, 6) is 0.255. The zero-order chi connectivity index (χ0) is 28.7. The second-order valence-electron chi connectivity index (χ2n) is 8.97. The highest BCUT2D eigenvalue weighted by atomic mass is 32.2. The number of nitrogens with zero attached hydrogens (tertiary/aromatic N) is 3. The molecular formula is C29H31N5O5S. The van der Waals surface area contributed by atoms with E-state index < -0.39 is 22.1 Å². The van der Waals surface area contributed by atoms with Gasteiger partial charge in [-0.3, -0.25) is 9.48 Å². The van der Waals surface area contributed by atoms with Crippen molar-refractivity contribution in [2.24, 2.45) is 7.05 Å². The molecule has 1 heterocycles.